The number of aliphatic hydroxyl groups excluding tert-OH is 1. The number of amides is 1. The van der Waals surface area contributed by atoms with Crippen molar-refractivity contribution < 1.29 is 23.1 Å². The number of hydrogen-bond acceptors (Lipinski definition) is 3. The van der Waals surface area contributed by atoms with E-state index in [1.165, 1.54) is 12.1 Å². The van der Waals surface area contributed by atoms with E-state index in [0.717, 1.165) is 28.6 Å². The Kier molecular flexibility index (Phi) is 5.46. The number of imidazole rings is 1. The zero-order valence-electron chi connectivity index (χ0n) is 17.8. The molecule has 1 amide bonds. The first kappa shape index (κ1) is 21.9. The molecule has 0 radical (unpaired) electrons. The predicted molar refractivity (Wildman–Crippen MR) is 116 cm³/mol. The van der Waals surface area contributed by atoms with E-state index in [1.807, 2.05) is 25.5 Å². The van der Waals surface area contributed by atoms with Crippen molar-refractivity contribution in [2.24, 2.45) is 13.0 Å². The van der Waals surface area contributed by atoms with Gasteiger partial charge in [0.05, 0.1) is 35.6 Å². The monoisotopic (exact) mass is 444 g/mol. The Morgan fingerprint density at radius 3 is 2.44 bits per heavy atom. The highest BCUT2D eigenvalue weighted by molar-refractivity contribution is 6.09. The number of carbonyl (C=O) groups is 1. The van der Waals surface area contributed by atoms with E-state index in [0.29, 0.717) is 16.9 Å². The van der Waals surface area contributed by atoms with Crippen molar-refractivity contribution in [3.63, 3.8) is 0 Å². The van der Waals surface area contributed by atoms with Crippen LogP contribution in [0.2, 0.25) is 0 Å². The largest absolute Gasteiger partial charge is 0.416 e. The van der Waals surface area contributed by atoms with Crippen LogP contribution in [0, 0.1) is 5.92 Å². The SMILES string of the molecule is CC(C)C(CO)NC(=O)c1ccc2c(c1)c1c(ncn1C)n2-c1ccc(C(F)(F)F)cc1. The summed E-state index contributed by atoms with van der Waals surface area (Å²) in [7, 11) is 1.82. The number of halogens is 3. The first-order valence-corrected chi connectivity index (χ1v) is 10.2. The van der Waals surface area contributed by atoms with Gasteiger partial charge in [0.2, 0.25) is 0 Å². The molecular weight excluding hydrogens is 421 g/mol. The summed E-state index contributed by atoms with van der Waals surface area (Å²) >= 11 is 0. The number of carbonyl (C=O) groups excluding carboxylic acids is 1. The number of aromatic nitrogens is 3. The van der Waals surface area contributed by atoms with Gasteiger partial charge in [-0.15, -0.1) is 0 Å². The quantitative estimate of drug-likeness (QED) is 0.483. The Morgan fingerprint density at radius 1 is 1.16 bits per heavy atom. The van der Waals surface area contributed by atoms with E-state index in [4.69, 9.17) is 0 Å². The predicted octanol–water partition coefficient (Wildman–Crippen LogP) is 4.28. The zero-order chi connectivity index (χ0) is 23.2. The molecule has 0 saturated carbocycles. The minimum Gasteiger partial charge on any atom is -0.394 e. The molecule has 1 atom stereocenters. The summed E-state index contributed by atoms with van der Waals surface area (Å²) < 4.78 is 42.5. The molecule has 0 aliphatic carbocycles. The third-order valence-electron chi connectivity index (χ3n) is 5.66. The number of rotatable bonds is 5. The van der Waals surface area contributed by atoms with E-state index in [2.05, 4.69) is 10.3 Å². The van der Waals surface area contributed by atoms with E-state index in [-0.39, 0.29) is 24.5 Å². The Bertz CT molecular complexity index is 1290. The maximum atomic E-state index is 13.0. The molecule has 6 nitrogen and oxygen atoms in total. The Hall–Kier alpha value is -3.33. The van der Waals surface area contributed by atoms with Gasteiger partial charge in [0.1, 0.15) is 0 Å². The van der Waals surface area contributed by atoms with E-state index in [1.54, 1.807) is 29.1 Å². The van der Waals surface area contributed by atoms with E-state index >= 15 is 0 Å². The average molecular weight is 444 g/mol. The molecule has 32 heavy (non-hydrogen) atoms. The van der Waals surface area contributed by atoms with Crippen LogP contribution in [0.25, 0.3) is 27.8 Å². The van der Waals surface area contributed by atoms with Crippen molar-refractivity contribution in [3.8, 4) is 5.69 Å². The van der Waals surface area contributed by atoms with Gasteiger partial charge in [0.15, 0.2) is 5.65 Å². The van der Waals surface area contributed by atoms with Gasteiger partial charge >= 0.3 is 6.18 Å². The van der Waals surface area contributed by atoms with E-state index < -0.39 is 11.7 Å². The summed E-state index contributed by atoms with van der Waals surface area (Å²) in [5, 5.41) is 13.1. The summed E-state index contributed by atoms with van der Waals surface area (Å²) in [5.74, 6) is -0.241. The maximum absolute atomic E-state index is 13.0. The molecule has 1 unspecified atom stereocenters. The molecule has 0 aliphatic rings. The van der Waals surface area contributed by atoms with Crippen molar-refractivity contribution in [2.45, 2.75) is 26.1 Å². The van der Waals surface area contributed by atoms with Crippen LogP contribution >= 0.6 is 0 Å². The number of aliphatic hydroxyl groups is 1. The Labute approximate surface area is 182 Å². The molecule has 4 aromatic rings. The molecule has 2 heterocycles. The third-order valence-corrected chi connectivity index (χ3v) is 5.66. The lowest BCUT2D eigenvalue weighted by Crippen LogP contribution is -2.41. The first-order valence-electron chi connectivity index (χ1n) is 10.2. The smallest absolute Gasteiger partial charge is 0.394 e. The van der Waals surface area contributed by atoms with Crippen LogP contribution in [-0.2, 0) is 13.2 Å². The van der Waals surface area contributed by atoms with Crippen LogP contribution < -0.4 is 5.32 Å². The summed E-state index contributed by atoms with van der Waals surface area (Å²) in [6.07, 6.45) is -2.79. The van der Waals surface area contributed by atoms with Crippen LogP contribution in [0.15, 0.2) is 48.8 Å². The molecule has 2 aromatic carbocycles. The van der Waals surface area contributed by atoms with Gasteiger partial charge in [0.25, 0.3) is 5.91 Å². The Balaban J connectivity index is 1.83. The fraction of sp³-hybridized carbons (Fsp3) is 0.304. The molecular formula is C23H23F3N4O2. The van der Waals surface area contributed by atoms with Crippen molar-refractivity contribution in [3.05, 3.63) is 59.9 Å². The van der Waals surface area contributed by atoms with Crippen LogP contribution in [0.1, 0.15) is 29.8 Å². The molecule has 9 heteroatoms. The second kappa shape index (κ2) is 7.98. The van der Waals surface area contributed by atoms with Crippen LogP contribution in [0.4, 0.5) is 13.2 Å². The van der Waals surface area contributed by atoms with Gasteiger partial charge in [-0.25, -0.2) is 4.98 Å². The molecule has 0 aliphatic heterocycles. The highest BCUT2D eigenvalue weighted by Crippen LogP contribution is 2.34. The summed E-state index contributed by atoms with van der Waals surface area (Å²) in [5.41, 5.74) is 2.29. The number of fused-ring (bicyclic) bond motifs is 3. The highest BCUT2D eigenvalue weighted by Gasteiger charge is 2.30. The van der Waals surface area contributed by atoms with Gasteiger partial charge in [0, 0.05) is 23.7 Å². The maximum Gasteiger partial charge on any atom is 0.416 e. The topological polar surface area (TPSA) is 72.1 Å². The number of hydrogen-bond donors (Lipinski definition) is 2. The van der Waals surface area contributed by atoms with Crippen molar-refractivity contribution in [1.29, 1.82) is 0 Å². The molecule has 168 valence electrons. The fourth-order valence-electron chi connectivity index (χ4n) is 3.80. The van der Waals surface area contributed by atoms with Crippen LogP contribution in [0.5, 0.6) is 0 Å². The number of aryl methyl sites for hydroxylation is 1. The minimum absolute atomic E-state index is 0.0669. The first-order chi connectivity index (χ1) is 15.1. The zero-order valence-corrected chi connectivity index (χ0v) is 17.8. The lowest BCUT2D eigenvalue weighted by atomic mass is 10.0. The summed E-state index contributed by atoms with van der Waals surface area (Å²) in [6, 6.07) is 9.68. The fourth-order valence-corrected chi connectivity index (χ4v) is 3.80. The van der Waals surface area contributed by atoms with Gasteiger partial charge in [-0.1, -0.05) is 13.8 Å². The van der Waals surface area contributed by atoms with Crippen molar-refractivity contribution in [2.75, 3.05) is 6.61 Å². The molecule has 0 saturated heterocycles. The van der Waals surface area contributed by atoms with Crippen molar-refractivity contribution >= 4 is 28.0 Å². The summed E-state index contributed by atoms with van der Waals surface area (Å²) in [4.78, 5) is 17.2. The molecule has 0 fully saturated rings. The molecule has 0 bridgehead atoms. The molecule has 0 spiro atoms. The average Bonchev–Trinajstić information content (AvgIpc) is 3.28. The molecule has 4 rings (SSSR count). The molecule has 2 aromatic heterocycles. The van der Waals surface area contributed by atoms with Crippen LogP contribution in [0.3, 0.4) is 0 Å². The second-order valence-electron chi connectivity index (χ2n) is 8.15. The minimum atomic E-state index is -4.41. The number of nitrogens with zero attached hydrogens (tertiary/aromatic N) is 3. The van der Waals surface area contributed by atoms with Crippen molar-refractivity contribution in [1.82, 2.24) is 19.4 Å². The number of benzene rings is 2. The second-order valence-corrected chi connectivity index (χ2v) is 8.15. The number of alkyl halides is 3. The van der Waals surface area contributed by atoms with E-state index in [9.17, 15) is 23.1 Å². The normalized spacial score (nSPS) is 13.2. The Morgan fingerprint density at radius 2 is 1.84 bits per heavy atom. The van der Waals surface area contributed by atoms with Gasteiger partial charge in [-0.2, -0.15) is 13.2 Å². The highest BCUT2D eigenvalue weighted by atomic mass is 19.4. The summed E-state index contributed by atoms with van der Waals surface area (Å²) in [6.45, 7) is 3.66. The van der Waals surface area contributed by atoms with Gasteiger partial charge in [-0.05, 0) is 48.4 Å². The van der Waals surface area contributed by atoms with Crippen LogP contribution in [-0.4, -0.2) is 37.8 Å². The molecule has 2 N–H and O–H groups in total. The lowest BCUT2D eigenvalue weighted by molar-refractivity contribution is -0.137. The lowest BCUT2D eigenvalue weighted by Gasteiger charge is -2.20. The van der Waals surface area contributed by atoms with Gasteiger partial charge < -0.3 is 15.0 Å². The standard InChI is InChI=1S/C23H23F3N4O2/c1-13(2)18(11-31)28-22(32)14-4-9-19-17(10-14)20-21(27-12-29(20)3)30(19)16-7-5-15(6-8-16)23(24,25)26/h4-10,12-13,18,31H,11H2,1-3H3,(H,28,32). The van der Waals surface area contributed by atoms with Gasteiger partial charge in [-0.3, -0.25) is 9.36 Å². The number of nitrogens with one attached hydrogen (secondary N) is 1. The third kappa shape index (κ3) is 3.73.